The van der Waals surface area contributed by atoms with Gasteiger partial charge in [-0.25, -0.2) is 0 Å². The molecule has 1 aromatic carbocycles. The molecule has 0 aliphatic heterocycles. The highest BCUT2D eigenvalue weighted by Gasteiger charge is 2.31. The number of hydrogen-bond donors (Lipinski definition) is 0. The van der Waals surface area contributed by atoms with Crippen LogP contribution in [0.4, 0.5) is 0 Å². The first-order valence-electron chi connectivity index (χ1n) is 7.64. The van der Waals surface area contributed by atoms with Crippen LogP contribution in [0, 0.1) is 0 Å². The Labute approximate surface area is 135 Å². The van der Waals surface area contributed by atoms with Crippen molar-refractivity contribution in [3.63, 3.8) is 0 Å². The van der Waals surface area contributed by atoms with Gasteiger partial charge in [-0.3, -0.25) is 14.4 Å². The molecule has 0 saturated heterocycles. The van der Waals surface area contributed by atoms with Crippen molar-refractivity contribution in [3.05, 3.63) is 34.9 Å². The molecule has 0 unspecified atom stereocenters. The van der Waals surface area contributed by atoms with Crippen molar-refractivity contribution in [2.24, 2.45) is 0 Å². The molecule has 0 radical (unpaired) electrons. The molecule has 0 spiro atoms. The molecule has 5 nitrogen and oxygen atoms in total. The van der Waals surface area contributed by atoms with E-state index < -0.39 is 0 Å². The van der Waals surface area contributed by atoms with Crippen LogP contribution in [0.15, 0.2) is 18.2 Å². The van der Waals surface area contributed by atoms with Gasteiger partial charge in [-0.1, -0.05) is 19.8 Å². The zero-order chi connectivity index (χ0) is 17.0. The predicted octanol–water partition coefficient (Wildman–Crippen LogP) is 3.40. The molecule has 122 valence electrons. The minimum atomic E-state index is -0.363. The summed E-state index contributed by atoms with van der Waals surface area (Å²) in [5.41, 5.74) is 0.552. The minimum absolute atomic E-state index is 0.109. The number of hydrogen-bond acceptors (Lipinski definition) is 5. The second-order valence-corrected chi connectivity index (χ2v) is 5.35. The van der Waals surface area contributed by atoms with Gasteiger partial charge in [0.05, 0.1) is 30.9 Å². The Hall–Kier alpha value is -2.43. The molecule has 0 bridgehead atoms. The molecule has 0 saturated carbocycles. The van der Waals surface area contributed by atoms with E-state index in [-0.39, 0.29) is 45.5 Å². The lowest BCUT2D eigenvalue weighted by Crippen LogP contribution is -2.17. The smallest absolute Gasteiger partial charge is 0.190 e. The number of ether oxygens (including phenoxy) is 2. The standard InChI is InChI=1S/C18H20O5/c1-4-5-6-7-12(19)11-10-15(22-2)16-13(20)8-9-14(21)17(16)18(11)23-3/h8-10H,4-7H2,1-3H3. The second-order valence-electron chi connectivity index (χ2n) is 5.35. The summed E-state index contributed by atoms with van der Waals surface area (Å²) >= 11 is 0. The SMILES string of the molecule is CCCCCC(=O)c1cc(OC)c2c(c1OC)C(=O)C=CC2=O. The lowest BCUT2D eigenvalue weighted by molar-refractivity contribution is 0.0969. The average molecular weight is 316 g/mol. The summed E-state index contributed by atoms with van der Waals surface area (Å²) in [6, 6.07) is 1.50. The quantitative estimate of drug-likeness (QED) is 0.569. The van der Waals surface area contributed by atoms with Gasteiger partial charge in [0, 0.05) is 6.42 Å². The Balaban J connectivity index is 2.57. The van der Waals surface area contributed by atoms with Gasteiger partial charge in [-0.15, -0.1) is 0 Å². The molecule has 0 atom stereocenters. The summed E-state index contributed by atoms with van der Waals surface area (Å²) in [7, 11) is 2.80. The summed E-state index contributed by atoms with van der Waals surface area (Å²) in [5, 5.41) is 0. The number of carbonyl (C=O) groups is 3. The van der Waals surface area contributed by atoms with Crippen molar-refractivity contribution in [3.8, 4) is 11.5 Å². The Morgan fingerprint density at radius 2 is 1.65 bits per heavy atom. The molecule has 0 amide bonds. The van der Waals surface area contributed by atoms with E-state index in [9.17, 15) is 14.4 Å². The lowest BCUT2D eigenvalue weighted by atomic mass is 9.89. The third kappa shape index (κ3) is 3.18. The Bertz CT molecular complexity index is 685. The van der Waals surface area contributed by atoms with E-state index in [1.54, 1.807) is 0 Å². The summed E-state index contributed by atoms with van der Waals surface area (Å²) in [6.45, 7) is 2.06. The van der Waals surface area contributed by atoms with Crippen molar-refractivity contribution in [2.45, 2.75) is 32.6 Å². The fourth-order valence-corrected chi connectivity index (χ4v) is 2.69. The largest absolute Gasteiger partial charge is 0.496 e. The van der Waals surface area contributed by atoms with E-state index in [0.717, 1.165) is 19.3 Å². The van der Waals surface area contributed by atoms with Gasteiger partial charge in [0.2, 0.25) is 0 Å². The minimum Gasteiger partial charge on any atom is -0.496 e. The Morgan fingerprint density at radius 3 is 2.22 bits per heavy atom. The molecule has 23 heavy (non-hydrogen) atoms. The van der Waals surface area contributed by atoms with Gasteiger partial charge in [-0.05, 0) is 24.6 Å². The fourth-order valence-electron chi connectivity index (χ4n) is 2.69. The second kappa shape index (κ2) is 7.22. The van der Waals surface area contributed by atoms with E-state index in [1.165, 1.54) is 32.4 Å². The number of rotatable bonds is 7. The van der Waals surface area contributed by atoms with Crippen LogP contribution in [0.3, 0.4) is 0 Å². The topological polar surface area (TPSA) is 69.7 Å². The van der Waals surface area contributed by atoms with Crippen LogP contribution in [-0.2, 0) is 0 Å². The molecule has 1 aromatic rings. The first kappa shape index (κ1) is 16.9. The van der Waals surface area contributed by atoms with E-state index in [2.05, 4.69) is 6.92 Å². The van der Waals surface area contributed by atoms with Crippen molar-refractivity contribution < 1.29 is 23.9 Å². The number of allylic oxidation sites excluding steroid dienone is 2. The van der Waals surface area contributed by atoms with Crippen LogP contribution >= 0.6 is 0 Å². The van der Waals surface area contributed by atoms with Crippen LogP contribution in [-0.4, -0.2) is 31.6 Å². The van der Waals surface area contributed by atoms with Crippen molar-refractivity contribution >= 4 is 17.3 Å². The van der Waals surface area contributed by atoms with Gasteiger partial charge in [0.15, 0.2) is 17.3 Å². The van der Waals surface area contributed by atoms with E-state index >= 15 is 0 Å². The Morgan fingerprint density at radius 1 is 1.00 bits per heavy atom. The number of Topliss-reactive ketones (excluding diaryl/α,β-unsaturated/α-hetero) is 1. The van der Waals surface area contributed by atoms with Gasteiger partial charge < -0.3 is 9.47 Å². The number of fused-ring (bicyclic) bond motifs is 1. The normalized spacial score (nSPS) is 13.0. The predicted molar refractivity (Wildman–Crippen MR) is 85.8 cm³/mol. The molecule has 1 aliphatic carbocycles. The van der Waals surface area contributed by atoms with Gasteiger partial charge in [0.1, 0.15) is 11.5 Å². The highest BCUT2D eigenvalue weighted by molar-refractivity contribution is 6.25. The van der Waals surface area contributed by atoms with Crippen molar-refractivity contribution in [2.75, 3.05) is 14.2 Å². The molecule has 0 heterocycles. The zero-order valence-electron chi connectivity index (χ0n) is 13.6. The van der Waals surface area contributed by atoms with E-state index in [4.69, 9.17) is 9.47 Å². The number of carbonyl (C=O) groups excluding carboxylic acids is 3. The molecular formula is C18H20O5. The number of ketones is 3. The molecule has 0 N–H and O–H groups in total. The van der Waals surface area contributed by atoms with Gasteiger partial charge in [-0.2, -0.15) is 0 Å². The number of unbranched alkanes of at least 4 members (excludes halogenated alkanes) is 2. The highest BCUT2D eigenvalue weighted by atomic mass is 16.5. The maximum atomic E-state index is 12.5. The van der Waals surface area contributed by atoms with Crippen LogP contribution < -0.4 is 9.47 Å². The maximum Gasteiger partial charge on any atom is 0.190 e. The molecule has 0 fully saturated rings. The summed E-state index contributed by atoms with van der Waals surface area (Å²) in [6.07, 6.45) is 5.49. The summed E-state index contributed by atoms with van der Waals surface area (Å²) < 4.78 is 10.5. The third-order valence-corrected chi connectivity index (χ3v) is 3.85. The van der Waals surface area contributed by atoms with E-state index in [1.807, 2.05) is 0 Å². The van der Waals surface area contributed by atoms with Crippen molar-refractivity contribution in [1.29, 1.82) is 0 Å². The molecule has 0 aromatic heterocycles. The number of methoxy groups -OCH3 is 2. The monoisotopic (exact) mass is 316 g/mol. The summed E-state index contributed by atoms with van der Waals surface area (Å²) in [4.78, 5) is 36.8. The van der Waals surface area contributed by atoms with Crippen LogP contribution in [0.2, 0.25) is 0 Å². The Kier molecular flexibility index (Phi) is 5.32. The maximum absolute atomic E-state index is 12.5. The van der Waals surface area contributed by atoms with Gasteiger partial charge >= 0.3 is 0 Å². The number of benzene rings is 1. The highest BCUT2D eigenvalue weighted by Crippen LogP contribution is 2.38. The molecule has 5 heteroatoms. The van der Waals surface area contributed by atoms with Gasteiger partial charge in [0.25, 0.3) is 0 Å². The van der Waals surface area contributed by atoms with E-state index in [0.29, 0.717) is 6.42 Å². The zero-order valence-corrected chi connectivity index (χ0v) is 13.6. The first-order valence-corrected chi connectivity index (χ1v) is 7.64. The van der Waals surface area contributed by atoms with Crippen LogP contribution in [0.25, 0.3) is 0 Å². The molecular weight excluding hydrogens is 296 g/mol. The molecule has 1 aliphatic rings. The summed E-state index contributed by atoms with van der Waals surface area (Å²) in [5.74, 6) is -0.434. The third-order valence-electron chi connectivity index (χ3n) is 3.85. The first-order chi connectivity index (χ1) is 11.0. The molecule has 2 rings (SSSR count). The van der Waals surface area contributed by atoms with Crippen LogP contribution in [0.5, 0.6) is 11.5 Å². The average Bonchev–Trinajstić information content (AvgIpc) is 2.56. The lowest BCUT2D eigenvalue weighted by Gasteiger charge is -2.19. The van der Waals surface area contributed by atoms with Crippen LogP contribution in [0.1, 0.15) is 63.7 Å². The fraction of sp³-hybridized carbons (Fsp3) is 0.389. The van der Waals surface area contributed by atoms with Crippen molar-refractivity contribution in [1.82, 2.24) is 0 Å².